The fraction of sp³-hybridized carbons (Fsp3) is 0.0714. The highest BCUT2D eigenvalue weighted by atomic mass is 16.8. The molecule has 0 heterocycles. The Morgan fingerprint density at radius 1 is 0.833 bits per heavy atom. The number of hydrogen-bond acceptors (Lipinski definition) is 3. The van der Waals surface area contributed by atoms with Crippen LogP contribution in [-0.2, 0) is 0 Å². The largest absolute Gasteiger partial charge is 0.377 e. The van der Waals surface area contributed by atoms with Crippen molar-refractivity contribution in [1.82, 2.24) is 0 Å². The van der Waals surface area contributed by atoms with E-state index in [-0.39, 0.29) is 10.6 Å². The van der Waals surface area contributed by atoms with Gasteiger partial charge in [0.1, 0.15) is 0 Å². The van der Waals surface area contributed by atoms with Crippen molar-refractivity contribution in [3.05, 3.63) is 71.8 Å². The van der Waals surface area contributed by atoms with Gasteiger partial charge in [0.05, 0.1) is 5.56 Å². The summed E-state index contributed by atoms with van der Waals surface area (Å²) in [6.45, 7) is 0. The van der Waals surface area contributed by atoms with Crippen LogP contribution in [0.1, 0.15) is 17.2 Å². The highest BCUT2D eigenvalue weighted by Crippen LogP contribution is 2.18. The molecule has 0 amide bonds. The van der Waals surface area contributed by atoms with E-state index in [1.165, 1.54) is 0 Å². The minimum atomic E-state index is -1.11. The fourth-order valence-electron chi connectivity index (χ4n) is 1.78. The summed E-state index contributed by atoms with van der Waals surface area (Å²) in [6, 6.07) is 17.5. The van der Waals surface area contributed by atoms with E-state index in [1.54, 1.807) is 48.5 Å². The first-order chi connectivity index (χ1) is 8.70. The molecule has 2 aromatic carbocycles. The van der Waals surface area contributed by atoms with Crippen molar-refractivity contribution in [2.45, 2.75) is 6.10 Å². The molecule has 0 fully saturated rings. The Balaban J connectivity index is 2.43. The molecule has 3 N–H and O–H groups in total. The standard InChI is InChI=1S/C14H14NO3/c16-14(12-9-5-2-6-10-12)13(15(17)18)11-7-3-1-4-8-11/h1-10,14,16-18H/q+1. The minimum absolute atomic E-state index is 0.0156. The van der Waals surface area contributed by atoms with E-state index in [0.29, 0.717) is 11.1 Å². The van der Waals surface area contributed by atoms with Crippen molar-refractivity contribution in [1.29, 1.82) is 0 Å². The van der Waals surface area contributed by atoms with Crippen molar-refractivity contribution in [3.63, 3.8) is 0 Å². The van der Waals surface area contributed by atoms with Crippen LogP contribution in [0.5, 0.6) is 0 Å². The SMILES string of the molecule is OC(C(c1ccccc1)=[N+](O)O)c1ccccc1. The maximum atomic E-state index is 10.2. The molecule has 0 saturated heterocycles. The van der Waals surface area contributed by atoms with Gasteiger partial charge in [0.2, 0.25) is 0 Å². The second-order valence-corrected chi connectivity index (χ2v) is 3.85. The summed E-state index contributed by atoms with van der Waals surface area (Å²) in [7, 11) is 0. The average molecular weight is 244 g/mol. The van der Waals surface area contributed by atoms with Gasteiger partial charge in [-0.25, -0.2) is 10.4 Å². The summed E-state index contributed by atoms with van der Waals surface area (Å²) in [5, 5.41) is 28.8. The zero-order valence-electron chi connectivity index (χ0n) is 9.64. The van der Waals surface area contributed by atoms with Gasteiger partial charge in [-0.15, -0.1) is 0 Å². The molecule has 0 aliphatic heterocycles. The third kappa shape index (κ3) is 2.49. The Bertz CT molecular complexity index is 533. The quantitative estimate of drug-likeness (QED) is 0.439. The number of hydrogen-bond donors (Lipinski definition) is 3. The predicted molar refractivity (Wildman–Crippen MR) is 65.8 cm³/mol. The van der Waals surface area contributed by atoms with E-state index in [0.717, 1.165) is 0 Å². The van der Waals surface area contributed by atoms with Crippen LogP contribution in [0.3, 0.4) is 0 Å². The molecule has 92 valence electrons. The second-order valence-electron chi connectivity index (χ2n) is 3.85. The molecule has 0 saturated carbocycles. The van der Waals surface area contributed by atoms with Gasteiger partial charge in [-0.1, -0.05) is 48.5 Å². The van der Waals surface area contributed by atoms with E-state index in [1.807, 2.05) is 12.1 Å². The summed E-state index contributed by atoms with van der Waals surface area (Å²) in [5.41, 5.74) is 1.14. The lowest BCUT2D eigenvalue weighted by atomic mass is 9.99. The molecular formula is C14H14NO3+. The molecule has 4 nitrogen and oxygen atoms in total. The number of nitrogens with zero attached hydrogens (tertiary/aromatic N) is 1. The third-order valence-corrected chi connectivity index (χ3v) is 2.66. The first kappa shape index (κ1) is 12.1. The van der Waals surface area contributed by atoms with E-state index in [2.05, 4.69) is 0 Å². The van der Waals surface area contributed by atoms with Gasteiger partial charge in [-0.3, -0.25) is 0 Å². The molecule has 0 spiro atoms. The second kappa shape index (κ2) is 5.33. The van der Waals surface area contributed by atoms with Crippen molar-refractivity contribution in [2.24, 2.45) is 0 Å². The smallest absolute Gasteiger partial charge is 0.327 e. The monoisotopic (exact) mass is 244 g/mol. The molecule has 0 radical (unpaired) electrons. The molecule has 2 aromatic rings. The molecule has 2 rings (SSSR count). The first-order valence-corrected chi connectivity index (χ1v) is 5.53. The predicted octanol–water partition coefficient (Wildman–Crippen LogP) is 2.00. The van der Waals surface area contributed by atoms with Crippen LogP contribution in [0.15, 0.2) is 60.7 Å². The molecule has 1 atom stereocenters. The minimum Gasteiger partial charge on any atom is -0.377 e. The number of aliphatic hydroxyl groups excluding tert-OH is 1. The molecule has 0 aliphatic rings. The van der Waals surface area contributed by atoms with E-state index >= 15 is 0 Å². The highest BCUT2D eigenvalue weighted by Gasteiger charge is 2.28. The Morgan fingerprint density at radius 2 is 1.33 bits per heavy atom. The molecule has 0 bridgehead atoms. The van der Waals surface area contributed by atoms with Gasteiger partial charge in [0.15, 0.2) is 11.0 Å². The van der Waals surface area contributed by atoms with E-state index in [9.17, 15) is 15.5 Å². The van der Waals surface area contributed by atoms with Crippen molar-refractivity contribution >= 4 is 5.71 Å². The van der Waals surface area contributed by atoms with Crippen molar-refractivity contribution < 1.29 is 20.4 Å². The summed E-state index contributed by atoms with van der Waals surface area (Å²) >= 11 is 0. The maximum Gasteiger partial charge on any atom is 0.327 e. The van der Waals surface area contributed by atoms with Crippen LogP contribution in [-0.4, -0.2) is 26.1 Å². The zero-order chi connectivity index (χ0) is 13.0. The third-order valence-electron chi connectivity index (χ3n) is 2.66. The van der Waals surface area contributed by atoms with Crippen LogP contribution < -0.4 is 0 Å². The van der Waals surface area contributed by atoms with Gasteiger partial charge in [-0.2, -0.15) is 0 Å². The Labute approximate surface area is 105 Å². The van der Waals surface area contributed by atoms with Crippen LogP contribution in [0.2, 0.25) is 0 Å². The number of rotatable bonds is 3. The molecule has 4 heteroatoms. The maximum absolute atomic E-state index is 10.2. The zero-order valence-corrected chi connectivity index (χ0v) is 9.64. The summed E-state index contributed by atoms with van der Waals surface area (Å²) < 4.78 is 0. The Kier molecular flexibility index (Phi) is 3.60. The first-order valence-electron chi connectivity index (χ1n) is 5.53. The van der Waals surface area contributed by atoms with Crippen molar-refractivity contribution in [3.8, 4) is 0 Å². The van der Waals surface area contributed by atoms with Gasteiger partial charge < -0.3 is 5.11 Å². The molecule has 0 aliphatic carbocycles. The molecular weight excluding hydrogens is 230 g/mol. The lowest BCUT2D eigenvalue weighted by Gasteiger charge is -2.08. The lowest BCUT2D eigenvalue weighted by Crippen LogP contribution is -2.23. The van der Waals surface area contributed by atoms with Crippen LogP contribution in [0, 0.1) is 0 Å². The summed E-state index contributed by atoms with van der Waals surface area (Å²) in [5.74, 6) is 0. The highest BCUT2D eigenvalue weighted by molar-refractivity contribution is 6.00. The van der Waals surface area contributed by atoms with Crippen LogP contribution >= 0.6 is 0 Å². The summed E-state index contributed by atoms with van der Waals surface area (Å²) in [6.07, 6.45) is -1.11. The average Bonchev–Trinajstić information content (AvgIpc) is 2.40. The van der Waals surface area contributed by atoms with Crippen LogP contribution in [0.25, 0.3) is 0 Å². The van der Waals surface area contributed by atoms with E-state index in [4.69, 9.17) is 0 Å². The van der Waals surface area contributed by atoms with Crippen LogP contribution in [0.4, 0.5) is 0 Å². The summed E-state index contributed by atoms with van der Waals surface area (Å²) in [4.78, 5) is -0.0347. The molecule has 18 heavy (non-hydrogen) atoms. The topological polar surface area (TPSA) is 63.7 Å². The van der Waals surface area contributed by atoms with E-state index < -0.39 is 6.10 Å². The number of benzene rings is 2. The van der Waals surface area contributed by atoms with Gasteiger partial charge in [0.25, 0.3) is 0 Å². The fourth-order valence-corrected chi connectivity index (χ4v) is 1.78. The number of aliphatic hydroxyl groups is 1. The van der Waals surface area contributed by atoms with Crippen molar-refractivity contribution in [2.75, 3.05) is 0 Å². The Morgan fingerprint density at radius 3 is 1.83 bits per heavy atom. The van der Waals surface area contributed by atoms with Gasteiger partial charge in [-0.05, 0) is 17.7 Å². The van der Waals surface area contributed by atoms with Gasteiger partial charge in [0, 0.05) is 0 Å². The lowest BCUT2D eigenvalue weighted by molar-refractivity contribution is -0.956. The van der Waals surface area contributed by atoms with Gasteiger partial charge >= 0.3 is 5.71 Å². The molecule has 1 unspecified atom stereocenters. The Hall–Kier alpha value is -2.33. The molecule has 0 aromatic heterocycles. The normalized spacial score (nSPS) is 11.8.